The summed E-state index contributed by atoms with van der Waals surface area (Å²) in [5, 5.41) is 2.93. The van der Waals surface area contributed by atoms with Crippen molar-refractivity contribution >= 4 is 34.8 Å². The molecular weight excluding hydrogens is 283 g/mol. The van der Waals surface area contributed by atoms with Crippen LogP contribution in [0.2, 0.25) is 0 Å². The van der Waals surface area contributed by atoms with Gasteiger partial charge in [-0.25, -0.2) is 0 Å². The van der Waals surface area contributed by atoms with Crippen molar-refractivity contribution in [1.82, 2.24) is 5.32 Å². The third-order valence-electron chi connectivity index (χ3n) is 3.21. The number of anilines is 1. The average Bonchev–Trinajstić information content (AvgIpc) is 2.45. The van der Waals surface area contributed by atoms with Crippen LogP contribution < -0.4 is 10.2 Å². The highest BCUT2D eigenvalue weighted by Gasteiger charge is 2.28. The highest BCUT2D eigenvalue weighted by Crippen LogP contribution is 2.17. The van der Waals surface area contributed by atoms with Crippen molar-refractivity contribution in [3.8, 4) is 0 Å². The van der Waals surface area contributed by atoms with Gasteiger partial charge in [-0.05, 0) is 30.7 Å². The maximum Gasteiger partial charge on any atom is 0.251 e. The summed E-state index contributed by atoms with van der Waals surface area (Å²) in [6.07, 6.45) is 0.696. The maximum absolute atomic E-state index is 12.2. The summed E-state index contributed by atoms with van der Waals surface area (Å²) in [4.78, 5) is 14.2. The van der Waals surface area contributed by atoms with Crippen LogP contribution in [0.25, 0.3) is 0 Å². The number of carbonyl (C=O) groups is 1. The van der Waals surface area contributed by atoms with Crippen molar-refractivity contribution in [2.45, 2.75) is 18.9 Å². The summed E-state index contributed by atoms with van der Waals surface area (Å²) in [5.41, 5.74) is 1.12. The number of carbonyl (C=O) groups excluding carboxylic acids is 1. The van der Waals surface area contributed by atoms with E-state index in [2.05, 4.69) is 5.32 Å². The molecule has 1 N–H and O–H groups in total. The third-order valence-corrected chi connectivity index (χ3v) is 4.24. The first kappa shape index (κ1) is 16.1. The molecule has 5 heteroatoms. The minimum atomic E-state index is -0.541. The van der Waals surface area contributed by atoms with E-state index in [4.69, 9.17) is 23.2 Å². The SMILES string of the molecule is CCC(CCl)(CCl)NC(=O)c1ccc(N(C)C)cc1. The quantitative estimate of drug-likeness (QED) is 0.819. The molecule has 0 atom stereocenters. The zero-order chi connectivity index (χ0) is 14.5. The van der Waals surface area contributed by atoms with E-state index in [0.29, 0.717) is 23.7 Å². The molecule has 0 radical (unpaired) electrons. The van der Waals surface area contributed by atoms with Gasteiger partial charge in [0, 0.05) is 37.1 Å². The van der Waals surface area contributed by atoms with E-state index >= 15 is 0 Å². The molecule has 0 unspecified atom stereocenters. The summed E-state index contributed by atoms with van der Waals surface area (Å²) in [7, 11) is 3.91. The molecule has 0 bridgehead atoms. The van der Waals surface area contributed by atoms with Crippen LogP contribution in [0.3, 0.4) is 0 Å². The van der Waals surface area contributed by atoms with Gasteiger partial charge in [0.2, 0.25) is 0 Å². The lowest BCUT2D eigenvalue weighted by molar-refractivity contribution is 0.0913. The smallest absolute Gasteiger partial charge is 0.251 e. The van der Waals surface area contributed by atoms with Crippen molar-refractivity contribution in [2.75, 3.05) is 30.8 Å². The van der Waals surface area contributed by atoms with Crippen LogP contribution in [0.15, 0.2) is 24.3 Å². The summed E-state index contributed by atoms with van der Waals surface area (Å²) in [6, 6.07) is 7.41. The minimum Gasteiger partial charge on any atom is -0.378 e. The molecular formula is C14H20Cl2N2O. The summed E-state index contributed by atoms with van der Waals surface area (Å²) >= 11 is 11.8. The van der Waals surface area contributed by atoms with Crippen LogP contribution in [0.4, 0.5) is 5.69 Å². The predicted octanol–water partition coefficient (Wildman–Crippen LogP) is 3.11. The molecule has 0 fully saturated rings. The van der Waals surface area contributed by atoms with Gasteiger partial charge in [0.05, 0.1) is 5.54 Å². The van der Waals surface area contributed by atoms with E-state index in [1.807, 2.05) is 38.1 Å². The zero-order valence-corrected chi connectivity index (χ0v) is 13.1. The lowest BCUT2D eigenvalue weighted by atomic mass is 10.0. The van der Waals surface area contributed by atoms with Gasteiger partial charge in [0.25, 0.3) is 5.91 Å². The van der Waals surface area contributed by atoms with Crippen LogP contribution in [0.1, 0.15) is 23.7 Å². The molecule has 106 valence electrons. The van der Waals surface area contributed by atoms with Crippen molar-refractivity contribution in [3.63, 3.8) is 0 Å². The molecule has 1 amide bonds. The van der Waals surface area contributed by atoms with Crippen molar-refractivity contribution < 1.29 is 4.79 Å². The second-order valence-corrected chi connectivity index (χ2v) is 5.33. The van der Waals surface area contributed by atoms with Gasteiger partial charge in [-0.15, -0.1) is 23.2 Å². The normalized spacial score (nSPS) is 11.2. The van der Waals surface area contributed by atoms with Crippen molar-refractivity contribution in [1.29, 1.82) is 0 Å². The topological polar surface area (TPSA) is 32.3 Å². The van der Waals surface area contributed by atoms with Crippen LogP contribution in [0.5, 0.6) is 0 Å². The van der Waals surface area contributed by atoms with E-state index in [-0.39, 0.29) is 5.91 Å². The first-order valence-electron chi connectivity index (χ1n) is 6.20. The highest BCUT2D eigenvalue weighted by molar-refractivity contribution is 6.22. The molecule has 0 saturated carbocycles. The number of halogens is 2. The molecule has 0 aliphatic carbocycles. The molecule has 1 rings (SSSR count). The second kappa shape index (κ2) is 7.01. The Balaban J connectivity index is 2.83. The molecule has 19 heavy (non-hydrogen) atoms. The molecule has 3 nitrogen and oxygen atoms in total. The fourth-order valence-electron chi connectivity index (χ4n) is 1.60. The Bertz CT molecular complexity index is 406. The molecule has 0 aromatic heterocycles. The van der Waals surface area contributed by atoms with Gasteiger partial charge >= 0.3 is 0 Å². The first-order chi connectivity index (χ1) is 8.98. The van der Waals surface area contributed by atoms with E-state index in [0.717, 1.165) is 5.69 Å². The zero-order valence-electron chi connectivity index (χ0n) is 11.5. The van der Waals surface area contributed by atoms with Crippen molar-refractivity contribution in [2.24, 2.45) is 0 Å². The summed E-state index contributed by atoms with van der Waals surface area (Å²) in [6.45, 7) is 1.96. The van der Waals surface area contributed by atoms with Gasteiger partial charge < -0.3 is 10.2 Å². The number of hydrogen-bond donors (Lipinski definition) is 1. The second-order valence-electron chi connectivity index (χ2n) is 4.80. The number of hydrogen-bond acceptors (Lipinski definition) is 2. The Labute approximate surface area is 124 Å². The summed E-state index contributed by atoms with van der Waals surface area (Å²) in [5.74, 6) is 0.455. The third kappa shape index (κ3) is 4.02. The number of nitrogens with zero attached hydrogens (tertiary/aromatic N) is 1. The van der Waals surface area contributed by atoms with Gasteiger partial charge in [0.1, 0.15) is 0 Å². The van der Waals surface area contributed by atoms with Crippen LogP contribution in [-0.2, 0) is 0 Å². The Morgan fingerprint density at radius 2 is 1.74 bits per heavy atom. The standard InChI is InChI=1S/C14H20Cl2N2O/c1-4-14(9-15,10-16)17-13(19)11-5-7-12(8-6-11)18(2)3/h5-8H,4,9-10H2,1-3H3,(H,17,19). The fourth-order valence-corrected chi connectivity index (χ4v) is 2.40. The minimum absolute atomic E-state index is 0.145. The number of benzene rings is 1. The number of rotatable bonds is 6. The van der Waals surface area contributed by atoms with Crippen LogP contribution in [0, 0.1) is 0 Å². The predicted molar refractivity (Wildman–Crippen MR) is 82.7 cm³/mol. The molecule has 0 heterocycles. The molecule has 0 aliphatic rings. The maximum atomic E-state index is 12.2. The Hall–Kier alpha value is -0.930. The van der Waals surface area contributed by atoms with Gasteiger partial charge in [-0.2, -0.15) is 0 Å². The summed E-state index contributed by atoms with van der Waals surface area (Å²) < 4.78 is 0. The molecule has 0 saturated heterocycles. The molecule has 1 aromatic carbocycles. The Kier molecular flexibility index (Phi) is 5.95. The van der Waals surface area contributed by atoms with E-state index < -0.39 is 5.54 Å². The lowest BCUT2D eigenvalue weighted by Gasteiger charge is -2.29. The number of alkyl halides is 2. The van der Waals surface area contributed by atoms with Crippen LogP contribution in [-0.4, -0.2) is 37.3 Å². The van der Waals surface area contributed by atoms with Gasteiger partial charge in [-0.1, -0.05) is 6.92 Å². The van der Waals surface area contributed by atoms with E-state index in [1.54, 1.807) is 12.1 Å². The molecule has 0 aliphatic heterocycles. The highest BCUT2D eigenvalue weighted by atomic mass is 35.5. The molecule has 1 aromatic rings. The number of amides is 1. The largest absolute Gasteiger partial charge is 0.378 e. The van der Waals surface area contributed by atoms with Crippen LogP contribution >= 0.6 is 23.2 Å². The lowest BCUT2D eigenvalue weighted by Crippen LogP contribution is -2.51. The average molecular weight is 303 g/mol. The fraction of sp³-hybridized carbons (Fsp3) is 0.500. The molecule has 0 spiro atoms. The monoisotopic (exact) mass is 302 g/mol. The van der Waals surface area contributed by atoms with Gasteiger partial charge in [-0.3, -0.25) is 4.79 Å². The van der Waals surface area contributed by atoms with Gasteiger partial charge in [0.15, 0.2) is 0 Å². The van der Waals surface area contributed by atoms with E-state index in [9.17, 15) is 4.79 Å². The Morgan fingerprint density at radius 1 is 1.21 bits per heavy atom. The Morgan fingerprint density at radius 3 is 2.11 bits per heavy atom. The first-order valence-corrected chi connectivity index (χ1v) is 7.26. The van der Waals surface area contributed by atoms with Crippen molar-refractivity contribution in [3.05, 3.63) is 29.8 Å². The number of nitrogens with one attached hydrogen (secondary N) is 1. The van der Waals surface area contributed by atoms with E-state index in [1.165, 1.54) is 0 Å².